The number of carbonyl (C=O) groups is 2. The van der Waals surface area contributed by atoms with Gasteiger partial charge in [-0.1, -0.05) is 11.8 Å². The van der Waals surface area contributed by atoms with Crippen LogP contribution in [0.1, 0.15) is 18.9 Å². The van der Waals surface area contributed by atoms with Crippen molar-refractivity contribution in [3.8, 4) is 11.5 Å². The first-order valence-corrected chi connectivity index (χ1v) is 7.62. The fraction of sp³-hybridized carbons (Fsp3) is 0.286. The molecule has 1 fully saturated rings. The van der Waals surface area contributed by atoms with Crippen LogP contribution in [-0.2, 0) is 9.59 Å². The van der Waals surface area contributed by atoms with Crippen molar-refractivity contribution in [2.75, 3.05) is 6.79 Å². The van der Waals surface area contributed by atoms with Crippen molar-refractivity contribution in [3.63, 3.8) is 0 Å². The number of aliphatic carboxylic acids is 1. The molecule has 2 aliphatic rings. The largest absolute Gasteiger partial charge is 0.481 e. The second kappa shape index (κ2) is 6.29. The highest BCUT2D eigenvalue weighted by atomic mass is 32.2. The lowest BCUT2D eigenvalue weighted by atomic mass is 10.1. The van der Waals surface area contributed by atoms with Crippen LogP contribution in [0.25, 0.3) is 0 Å². The van der Waals surface area contributed by atoms with Crippen LogP contribution >= 0.6 is 11.8 Å². The molecule has 0 bridgehead atoms. The van der Waals surface area contributed by atoms with Crippen LogP contribution < -0.4 is 14.8 Å². The van der Waals surface area contributed by atoms with Crippen molar-refractivity contribution in [2.45, 2.75) is 18.6 Å². The predicted octanol–water partition coefficient (Wildman–Crippen LogP) is 1.20. The lowest BCUT2D eigenvalue weighted by Crippen LogP contribution is -2.26. The summed E-state index contributed by atoms with van der Waals surface area (Å²) in [5, 5.41) is 18.9. The van der Waals surface area contributed by atoms with E-state index < -0.39 is 11.2 Å². The van der Waals surface area contributed by atoms with Crippen LogP contribution in [0, 0.1) is 0 Å². The van der Waals surface area contributed by atoms with Gasteiger partial charge in [0.1, 0.15) is 5.25 Å². The Labute approximate surface area is 135 Å². The van der Waals surface area contributed by atoms with Crippen molar-refractivity contribution in [3.05, 3.63) is 23.8 Å². The Morgan fingerprint density at radius 3 is 3.00 bits per heavy atom. The molecule has 3 rings (SSSR count). The Hall–Kier alpha value is -2.55. The summed E-state index contributed by atoms with van der Waals surface area (Å²) in [6.45, 7) is 1.97. The molecule has 8 nitrogen and oxygen atoms in total. The first kappa shape index (κ1) is 15.3. The normalized spacial score (nSPS) is 21.6. The van der Waals surface area contributed by atoms with Gasteiger partial charge in [-0.25, -0.2) is 0 Å². The number of hydrogen-bond donors (Lipinski definition) is 2. The standard InChI is InChI=1S/C14H13N3O5S/c1-7(8-2-3-9-10(4-8)22-6-21-9)16-17-14-15-13(20)11(23-14)5-12(18)19/h2-4,11H,5-6H2,1H3,(H,18,19)(H,15,17,20)/b16-7+/t11-/m0/s1. The Kier molecular flexibility index (Phi) is 4.20. The van der Waals surface area contributed by atoms with E-state index in [4.69, 9.17) is 14.6 Å². The number of carboxylic acids is 1. The zero-order valence-corrected chi connectivity index (χ0v) is 12.9. The van der Waals surface area contributed by atoms with Gasteiger partial charge in [0.25, 0.3) is 0 Å². The molecule has 9 heteroatoms. The molecule has 2 N–H and O–H groups in total. The molecule has 1 aromatic carbocycles. The zero-order chi connectivity index (χ0) is 16.4. The number of amides is 1. The molecule has 0 radical (unpaired) electrons. The maximum Gasteiger partial charge on any atom is 0.305 e. The number of hydrogen-bond acceptors (Lipinski definition) is 7. The lowest BCUT2D eigenvalue weighted by molar-refractivity contribution is -0.138. The van der Waals surface area contributed by atoms with Crippen molar-refractivity contribution < 1.29 is 24.2 Å². The van der Waals surface area contributed by atoms with E-state index in [1.807, 2.05) is 6.07 Å². The smallest absolute Gasteiger partial charge is 0.305 e. The van der Waals surface area contributed by atoms with Crippen molar-refractivity contribution >= 4 is 34.5 Å². The molecule has 0 spiro atoms. The summed E-state index contributed by atoms with van der Waals surface area (Å²) in [4.78, 5) is 22.3. The Morgan fingerprint density at radius 1 is 1.43 bits per heavy atom. The highest BCUT2D eigenvalue weighted by Gasteiger charge is 2.32. The minimum Gasteiger partial charge on any atom is -0.481 e. The summed E-state index contributed by atoms with van der Waals surface area (Å²) in [7, 11) is 0. The van der Waals surface area contributed by atoms with E-state index in [1.165, 1.54) is 0 Å². The number of carbonyl (C=O) groups excluding carboxylic acids is 1. The molecule has 23 heavy (non-hydrogen) atoms. The summed E-state index contributed by atoms with van der Waals surface area (Å²) < 4.78 is 10.5. The number of ether oxygens (including phenoxy) is 2. The third-order valence-corrected chi connectivity index (χ3v) is 4.29. The Morgan fingerprint density at radius 2 is 2.22 bits per heavy atom. The van der Waals surface area contributed by atoms with Gasteiger partial charge in [-0.05, 0) is 25.1 Å². The molecule has 1 aromatic rings. The highest BCUT2D eigenvalue weighted by molar-refractivity contribution is 8.15. The zero-order valence-electron chi connectivity index (χ0n) is 12.1. The molecule has 0 aliphatic carbocycles. The van der Waals surface area contributed by atoms with Crippen LogP contribution in [0.3, 0.4) is 0 Å². The fourth-order valence-electron chi connectivity index (χ4n) is 2.04. The molecule has 0 unspecified atom stereocenters. The summed E-state index contributed by atoms with van der Waals surface area (Å²) >= 11 is 1.06. The molecule has 2 heterocycles. The van der Waals surface area contributed by atoms with Gasteiger partial charge in [-0.2, -0.15) is 5.10 Å². The monoisotopic (exact) mass is 335 g/mol. The second-order valence-electron chi connectivity index (χ2n) is 4.85. The third kappa shape index (κ3) is 3.45. The number of benzene rings is 1. The molecule has 1 saturated heterocycles. The van der Waals surface area contributed by atoms with Gasteiger partial charge in [0, 0.05) is 5.56 Å². The van der Waals surface area contributed by atoms with Gasteiger partial charge in [0.05, 0.1) is 12.1 Å². The third-order valence-electron chi connectivity index (χ3n) is 3.22. The number of nitrogens with one attached hydrogen (secondary N) is 1. The molecule has 1 amide bonds. The second-order valence-corrected chi connectivity index (χ2v) is 6.04. The number of amidine groups is 1. The van der Waals surface area contributed by atoms with Crippen molar-refractivity contribution in [2.24, 2.45) is 10.2 Å². The first-order chi connectivity index (χ1) is 11.0. The summed E-state index contributed by atoms with van der Waals surface area (Å²) in [6, 6.07) is 5.42. The molecule has 0 aromatic heterocycles. The molecule has 2 aliphatic heterocycles. The number of thioether (sulfide) groups is 1. The minimum absolute atomic E-state index is 0.199. The van der Waals surface area contributed by atoms with E-state index in [2.05, 4.69) is 15.5 Å². The highest BCUT2D eigenvalue weighted by Crippen LogP contribution is 2.32. The van der Waals surface area contributed by atoms with E-state index in [9.17, 15) is 9.59 Å². The quantitative estimate of drug-likeness (QED) is 0.632. The number of nitrogens with zero attached hydrogens (tertiary/aromatic N) is 2. The first-order valence-electron chi connectivity index (χ1n) is 6.74. The molecular formula is C14H13N3O5S. The van der Waals surface area contributed by atoms with E-state index in [-0.39, 0.29) is 19.1 Å². The predicted molar refractivity (Wildman–Crippen MR) is 84.0 cm³/mol. The fourth-order valence-corrected chi connectivity index (χ4v) is 2.95. The molecule has 0 saturated carbocycles. The molecule has 1 atom stereocenters. The number of carboxylic acid groups (broad SMARTS) is 1. The van der Waals surface area contributed by atoms with E-state index in [0.717, 1.165) is 17.3 Å². The van der Waals surface area contributed by atoms with E-state index >= 15 is 0 Å². The maximum absolute atomic E-state index is 11.6. The average molecular weight is 335 g/mol. The van der Waals surface area contributed by atoms with Crippen molar-refractivity contribution in [1.29, 1.82) is 0 Å². The van der Waals surface area contributed by atoms with Crippen LogP contribution in [-0.4, -0.2) is 39.9 Å². The van der Waals surface area contributed by atoms with Gasteiger partial charge in [0.2, 0.25) is 12.7 Å². The summed E-state index contributed by atoms with van der Waals surface area (Å²) in [5.74, 6) is -0.0659. The van der Waals surface area contributed by atoms with E-state index in [1.54, 1.807) is 19.1 Å². The van der Waals surface area contributed by atoms with Gasteiger partial charge < -0.3 is 19.9 Å². The minimum atomic E-state index is -1.03. The van der Waals surface area contributed by atoms with Gasteiger partial charge >= 0.3 is 5.97 Å². The van der Waals surface area contributed by atoms with Crippen LogP contribution in [0.4, 0.5) is 0 Å². The Balaban J connectivity index is 1.72. The van der Waals surface area contributed by atoms with Crippen molar-refractivity contribution in [1.82, 2.24) is 5.32 Å². The number of rotatable bonds is 4. The number of fused-ring (bicyclic) bond motifs is 1. The Bertz CT molecular complexity index is 731. The SMILES string of the molecule is C/C(=N\N=C1\NC(=O)[C@H](CC(=O)O)S1)c1ccc2c(c1)OCO2. The van der Waals surface area contributed by atoms with Crippen LogP contribution in [0.15, 0.2) is 28.4 Å². The summed E-state index contributed by atoms with van der Waals surface area (Å²) in [6.07, 6.45) is -0.250. The average Bonchev–Trinajstić information content (AvgIpc) is 3.10. The van der Waals surface area contributed by atoms with Gasteiger partial charge in [-0.3, -0.25) is 9.59 Å². The van der Waals surface area contributed by atoms with Gasteiger partial charge in [-0.15, -0.1) is 5.10 Å². The van der Waals surface area contributed by atoms with E-state index in [0.29, 0.717) is 22.4 Å². The summed E-state index contributed by atoms with van der Waals surface area (Å²) in [5.41, 5.74) is 1.45. The van der Waals surface area contributed by atoms with Crippen LogP contribution in [0.5, 0.6) is 11.5 Å². The molecular weight excluding hydrogens is 322 g/mol. The topological polar surface area (TPSA) is 110 Å². The van der Waals surface area contributed by atoms with Gasteiger partial charge in [0.15, 0.2) is 16.7 Å². The lowest BCUT2D eigenvalue weighted by Gasteiger charge is -2.01. The maximum atomic E-state index is 11.6. The molecule has 120 valence electrons. The van der Waals surface area contributed by atoms with Crippen LogP contribution in [0.2, 0.25) is 0 Å².